The fraction of sp³-hybridized carbons (Fsp3) is 0.481. The lowest BCUT2D eigenvalue weighted by molar-refractivity contribution is -0.128. The van der Waals surface area contributed by atoms with Gasteiger partial charge in [-0.3, -0.25) is 4.79 Å². The van der Waals surface area contributed by atoms with Gasteiger partial charge in [0.15, 0.2) is 17.2 Å². The Morgan fingerprint density at radius 2 is 1.83 bits per heavy atom. The Bertz CT molecular complexity index is 1500. The van der Waals surface area contributed by atoms with Gasteiger partial charge in [0.2, 0.25) is 15.9 Å². The molecule has 36 heavy (non-hydrogen) atoms. The molecule has 9 heteroatoms. The van der Waals surface area contributed by atoms with E-state index in [2.05, 4.69) is 4.98 Å². The number of sulfonamides is 1. The van der Waals surface area contributed by atoms with Crippen molar-refractivity contribution in [3.8, 4) is 11.1 Å². The minimum absolute atomic E-state index is 0.0784. The number of fused-ring (bicyclic) bond motifs is 3. The van der Waals surface area contributed by atoms with Crippen molar-refractivity contribution in [2.24, 2.45) is 16.7 Å². The largest absolute Gasteiger partial charge is 0.439 e. The molecule has 190 valence electrons. The van der Waals surface area contributed by atoms with E-state index >= 15 is 0 Å². The second kappa shape index (κ2) is 7.92. The summed E-state index contributed by atoms with van der Waals surface area (Å²) in [5, 5.41) is 0. The SMILES string of the molecule is CC1(C)C2CC[C@]1(CS(=O)(=O)N1CCCC1c1nc3cc(-c4ccc(F)c(F)c4)ccc3o1)C(=O)C2. The molecule has 1 saturated heterocycles. The van der Waals surface area contributed by atoms with Crippen LogP contribution in [0.3, 0.4) is 0 Å². The van der Waals surface area contributed by atoms with Crippen LogP contribution in [0.25, 0.3) is 22.2 Å². The van der Waals surface area contributed by atoms with Crippen molar-refractivity contribution in [3.63, 3.8) is 0 Å². The van der Waals surface area contributed by atoms with Crippen molar-refractivity contribution in [2.45, 2.75) is 52.0 Å². The number of carbonyl (C=O) groups excluding carboxylic acids is 1. The zero-order valence-electron chi connectivity index (χ0n) is 20.3. The van der Waals surface area contributed by atoms with Gasteiger partial charge in [-0.25, -0.2) is 22.2 Å². The standard InChI is InChI=1S/C27H28F2N2O4S/c1-26(2)18-9-10-27(26,24(32)14-18)15-36(33,34)31-11-3-4-22(31)25-30-21-13-17(6-8-23(21)35-25)16-5-7-19(28)20(29)12-16/h5-8,12-13,18,22H,3-4,9-11,14-15H2,1-2H3/t18?,22?,27-/m0/s1. The number of benzene rings is 2. The number of hydrogen-bond acceptors (Lipinski definition) is 5. The third-order valence-electron chi connectivity index (χ3n) is 9.07. The van der Waals surface area contributed by atoms with Gasteiger partial charge in [-0.2, -0.15) is 4.31 Å². The third-order valence-corrected chi connectivity index (χ3v) is 11.1. The van der Waals surface area contributed by atoms with Crippen LogP contribution in [-0.4, -0.2) is 35.8 Å². The number of nitrogens with zero attached hydrogens (tertiary/aromatic N) is 2. The lowest BCUT2D eigenvalue weighted by Gasteiger charge is -2.37. The summed E-state index contributed by atoms with van der Waals surface area (Å²) in [6.45, 7) is 4.44. The van der Waals surface area contributed by atoms with Crippen LogP contribution in [0.4, 0.5) is 8.78 Å². The van der Waals surface area contributed by atoms with Gasteiger partial charge in [0, 0.05) is 18.4 Å². The van der Waals surface area contributed by atoms with E-state index < -0.39 is 33.1 Å². The monoisotopic (exact) mass is 514 g/mol. The number of hydrogen-bond donors (Lipinski definition) is 0. The summed E-state index contributed by atoms with van der Waals surface area (Å²) in [5.74, 6) is -1.38. The normalized spacial score (nSPS) is 27.9. The molecule has 2 heterocycles. The van der Waals surface area contributed by atoms with Gasteiger partial charge in [0.05, 0.1) is 5.75 Å². The Labute approximate surface area is 208 Å². The molecule has 1 aliphatic heterocycles. The molecule has 3 aromatic rings. The summed E-state index contributed by atoms with van der Waals surface area (Å²) < 4.78 is 62.0. The Hall–Kier alpha value is -2.65. The van der Waals surface area contributed by atoms with Crippen molar-refractivity contribution < 1.29 is 26.4 Å². The van der Waals surface area contributed by atoms with Gasteiger partial charge in [-0.1, -0.05) is 26.0 Å². The summed E-state index contributed by atoms with van der Waals surface area (Å²) in [4.78, 5) is 17.6. The fourth-order valence-corrected chi connectivity index (χ4v) is 9.22. The van der Waals surface area contributed by atoms with Crippen LogP contribution in [0.15, 0.2) is 40.8 Å². The van der Waals surface area contributed by atoms with Gasteiger partial charge in [0.25, 0.3) is 0 Å². The molecule has 6 nitrogen and oxygen atoms in total. The molecule has 0 radical (unpaired) electrons. The smallest absolute Gasteiger partial charge is 0.215 e. The molecule has 3 aliphatic rings. The molecule has 2 unspecified atom stereocenters. The van der Waals surface area contributed by atoms with E-state index in [9.17, 15) is 22.0 Å². The number of rotatable bonds is 5. The van der Waals surface area contributed by atoms with E-state index in [-0.39, 0.29) is 22.9 Å². The van der Waals surface area contributed by atoms with Crippen LogP contribution in [-0.2, 0) is 14.8 Å². The third kappa shape index (κ3) is 3.39. The maximum atomic E-state index is 13.7. The van der Waals surface area contributed by atoms with Gasteiger partial charge >= 0.3 is 0 Å². The lowest BCUT2D eigenvalue weighted by atomic mass is 9.70. The van der Waals surface area contributed by atoms with Crippen molar-refractivity contribution in [2.75, 3.05) is 12.3 Å². The van der Waals surface area contributed by atoms with Gasteiger partial charge < -0.3 is 4.42 Å². The topological polar surface area (TPSA) is 80.5 Å². The zero-order chi connectivity index (χ0) is 25.5. The molecule has 3 atom stereocenters. The van der Waals surface area contributed by atoms with Crippen LogP contribution in [0.2, 0.25) is 0 Å². The highest BCUT2D eigenvalue weighted by Gasteiger charge is 2.66. The second-order valence-corrected chi connectivity index (χ2v) is 13.0. The van der Waals surface area contributed by atoms with Gasteiger partial charge in [-0.15, -0.1) is 0 Å². The number of carbonyl (C=O) groups is 1. The number of halogens is 2. The summed E-state index contributed by atoms with van der Waals surface area (Å²) in [6.07, 6.45) is 3.24. The molecular formula is C27H28F2N2O4S. The maximum Gasteiger partial charge on any atom is 0.215 e. The summed E-state index contributed by atoms with van der Waals surface area (Å²) in [7, 11) is -3.75. The minimum atomic E-state index is -3.75. The predicted octanol–water partition coefficient (Wildman–Crippen LogP) is 5.64. The maximum absolute atomic E-state index is 13.7. The van der Waals surface area contributed by atoms with Gasteiger partial charge in [0.1, 0.15) is 17.3 Å². The Balaban J connectivity index is 1.31. The van der Waals surface area contributed by atoms with Crippen LogP contribution in [0.5, 0.6) is 0 Å². The molecule has 2 bridgehead atoms. The summed E-state index contributed by atoms with van der Waals surface area (Å²) >= 11 is 0. The molecule has 2 saturated carbocycles. The average molecular weight is 515 g/mol. The molecule has 0 amide bonds. The quantitative estimate of drug-likeness (QED) is 0.441. The highest BCUT2D eigenvalue weighted by molar-refractivity contribution is 7.89. The number of aromatic nitrogens is 1. The van der Waals surface area contributed by atoms with E-state index in [1.807, 2.05) is 13.8 Å². The van der Waals surface area contributed by atoms with Crippen molar-refractivity contribution in [1.82, 2.24) is 9.29 Å². The molecular weight excluding hydrogens is 486 g/mol. The molecule has 1 aromatic heterocycles. The molecule has 2 aliphatic carbocycles. The van der Waals surface area contributed by atoms with Crippen molar-refractivity contribution in [1.29, 1.82) is 0 Å². The van der Waals surface area contributed by atoms with Crippen molar-refractivity contribution in [3.05, 3.63) is 53.9 Å². The first kappa shape index (κ1) is 23.7. The number of ketones is 1. The molecule has 2 aromatic carbocycles. The van der Waals surface area contributed by atoms with E-state index in [4.69, 9.17) is 4.42 Å². The first-order valence-electron chi connectivity index (χ1n) is 12.4. The summed E-state index contributed by atoms with van der Waals surface area (Å²) in [5.41, 5.74) is 0.993. The van der Waals surface area contributed by atoms with E-state index in [0.717, 1.165) is 18.6 Å². The average Bonchev–Trinajstić information content (AvgIpc) is 3.56. The van der Waals surface area contributed by atoms with Gasteiger partial charge in [-0.05, 0) is 72.4 Å². The Kier molecular flexibility index (Phi) is 5.22. The Morgan fingerprint density at radius 3 is 2.53 bits per heavy atom. The molecule has 3 fully saturated rings. The molecule has 0 spiro atoms. The Morgan fingerprint density at radius 1 is 1.08 bits per heavy atom. The predicted molar refractivity (Wildman–Crippen MR) is 130 cm³/mol. The van der Waals surface area contributed by atoms with Crippen LogP contribution in [0.1, 0.15) is 57.9 Å². The minimum Gasteiger partial charge on any atom is -0.439 e. The lowest BCUT2D eigenvalue weighted by Crippen LogP contribution is -2.46. The first-order chi connectivity index (χ1) is 17.0. The van der Waals surface area contributed by atoms with Crippen LogP contribution < -0.4 is 0 Å². The summed E-state index contributed by atoms with van der Waals surface area (Å²) in [6, 6.07) is 8.31. The number of oxazole rings is 1. The molecule has 0 N–H and O–H groups in total. The second-order valence-electron chi connectivity index (χ2n) is 11.1. The van der Waals surface area contributed by atoms with E-state index in [1.54, 1.807) is 18.2 Å². The van der Waals surface area contributed by atoms with Crippen LogP contribution in [0, 0.1) is 28.4 Å². The first-order valence-corrected chi connectivity index (χ1v) is 14.0. The van der Waals surface area contributed by atoms with Crippen molar-refractivity contribution >= 4 is 26.9 Å². The number of Topliss-reactive ketones (excluding diaryl/α,β-unsaturated/α-hetero) is 1. The highest BCUT2D eigenvalue weighted by Crippen LogP contribution is 2.64. The van der Waals surface area contributed by atoms with E-state index in [1.165, 1.54) is 10.4 Å². The van der Waals surface area contributed by atoms with Crippen LogP contribution >= 0.6 is 0 Å². The fourth-order valence-electron chi connectivity index (χ4n) is 6.77. The zero-order valence-corrected chi connectivity index (χ0v) is 21.1. The van der Waals surface area contributed by atoms with E-state index in [0.29, 0.717) is 60.3 Å². The highest BCUT2D eigenvalue weighted by atomic mass is 32.2. The molecule has 6 rings (SSSR count).